The largest absolute Gasteiger partial charge is 0.481 e. The molecule has 0 aliphatic carbocycles. The lowest BCUT2D eigenvalue weighted by atomic mass is 10.1. The van der Waals surface area contributed by atoms with E-state index in [0.717, 1.165) is 26.2 Å². The van der Waals surface area contributed by atoms with Crippen molar-refractivity contribution in [2.45, 2.75) is 38.8 Å². The van der Waals surface area contributed by atoms with Gasteiger partial charge in [0.25, 0.3) is 0 Å². The van der Waals surface area contributed by atoms with Crippen LogP contribution in [-0.4, -0.2) is 47.8 Å². The summed E-state index contributed by atoms with van der Waals surface area (Å²) in [5.41, 5.74) is 0. The van der Waals surface area contributed by atoms with Gasteiger partial charge >= 0.3 is 5.97 Å². The summed E-state index contributed by atoms with van der Waals surface area (Å²) in [5.74, 6) is -0.727. The molecule has 14 heavy (non-hydrogen) atoms. The fraction of sp³-hybridized carbons (Fsp3) is 0.900. The number of rotatable bonds is 5. The first-order valence-electron chi connectivity index (χ1n) is 5.20. The van der Waals surface area contributed by atoms with Crippen molar-refractivity contribution in [3.63, 3.8) is 0 Å². The minimum Gasteiger partial charge on any atom is -0.481 e. The van der Waals surface area contributed by atoms with Gasteiger partial charge in [-0.1, -0.05) is 6.92 Å². The van der Waals surface area contributed by atoms with Crippen molar-refractivity contribution in [3.8, 4) is 0 Å². The van der Waals surface area contributed by atoms with E-state index < -0.39 is 5.97 Å². The molecule has 1 aliphatic heterocycles. The molecule has 0 bridgehead atoms. The molecule has 82 valence electrons. The molecule has 0 amide bonds. The zero-order valence-electron chi connectivity index (χ0n) is 8.90. The molecule has 0 aromatic heterocycles. The van der Waals surface area contributed by atoms with Gasteiger partial charge in [-0.2, -0.15) is 0 Å². The molecule has 0 aromatic rings. The molecule has 1 rings (SSSR count). The molecule has 1 fully saturated rings. The van der Waals surface area contributed by atoms with E-state index in [-0.39, 0.29) is 12.5 Å². The number of carboxylic acids is 1. The van der Waals surface area contributed by atoms with Crippen LogP contribution in [0, 0.1) is 0 Å². The SMILES string of the molecule is CCN(C(C)CC(=O)O)C1CCOC1. The smallest absolute Gasteiger partial charge is 0.304 e. The van der Waals surface area contributed by atoms with Crippen LogP contribution in [0.2, 0.25) is 0 Å². The highest BCUT2D eigenvalue weighted by atomic mass is 16.5. The highest BCUT2D eigenvalue weighted by Crippen LogP contribution is 2.16. The van der Waals surface area contributed by atoms with Crippen molar-refractivity contribution in [3.05, 3.63) is 0 Å². The molecule has 1 N–H and O–H groups in total. The Labute approximate surface area is 84.8 Å². The van der Waals surface area contributed by atoms with Crippen LogP contribution in [-0.2, 0) is 9.53 Å². The average molecular weight is 201 g/mol. The molecule has 4 heteroatoms. The third-order valence-electron chi connectivity index (χ3n) is 2.78. The Kier molecular flexibility index (Phi) is 4.35. The van der Waals surface area contributed by atoms with Crippen LogP contribution in [0.1, 0.15) is 26.7 Å². The molecule has 4 nitrogen and oxygen atoms in total. The van der Waals surface area contributed by atoms with Crippen LogP contribution < -0.4 is 0 Å². The van der Waals surface area contributed by atoms with E-state index in [1.54, 1.807) is 0 Å². The summed E-state index contributed by atoms with van der Waals surface area (Å²) in [6, 6.07) is 0.513. The molecular formula is C10H19NO3. The molecule has 0 saturated carbocycles. The predicted molar refractivity (Wildman–Crippen MR) is 53.3 cm³/mol. The van der Waals surface area contributed by atoms with Gasteiger partial charge in [-0.05, 0) is 19.9 Å². The zero-order chi connectivity index (χ0) is 10.6. The van der Waals surface area contributed by atoms with Crippen LogP contribution in [0.5, 0.6) is 0 Å². The standard InChI is InChI=1S/C10H19NO3/c1-3-11(8(2)6-10(12)13)9-4-5-14-7-9/h8-9H,3-7H2,1-2H3,(H,12,13). The Morgan fingerprint density at radius 1 is 1.71 bits per heavy atom. The zero-order valence-corrected chi connectivity index (χ0v) is 8.90. The molecule has 1 heterocycles. The van der Waals surface area contributed by atoms with Crippen LogP contribution >= 0.6 is 0 Å². The van der Waals surface area contributed by atoms with Crippen LogP contribution in [0.15, 0.2) is 0 Å². The van der Waals surface area contributed by atoms with E-state index in [1.165, 1.54) is 0 Å². The third kappa shape index (κ3) is 2.96. The second-order valence-electron chi connectivity index (χ2n) is 3.79. The fourth-order valence-corrected chi connectivity index (χ4v) is 2.08. The highest BCUT2D eigenvalue weighted by Gasteiger charge is 2.26. The number of hydrogen-bond acceptors (Lipinski definition) is 3. The van der Waals surface area contributed by atoms with E-state index in [4.69, 9.17) is 9.84 Å². The van der Waals surface area contributed by atoms with Gasteiger partial charge in [0.15, 0.2) is 0 Å². The summed E-state index contributed by atoms with van der Waals surface area (Å²) >= 11 is 0. The topological polar surface area (TPSA) is 49.8 Å². The number of likely N-dealkylation sites (N-methyl/N-ethyl adjacent to an activating group) is 1. The van der Waals surface area contributed by atoms with Crippen LogP contribution in [0.3, 0.4) is 0 Å². The minimum atomic E-state index is -0.727. The van der Waals surface area contributed by atoms with Crippen molar-refractivity contribution in [2.24, 2.45) is 0 Å². The van der Waals surface area contributed by atoms with Gasteiger partial charge in [0.1, 0.15) is 0 Å². The summed E-state index contributed by atoms with van der Waals surface area (Å²) < 4.78 is 5.31. The summed E-state index contributed by atoms with van der Waals surface area (Å²) in [6.45, 7) is 6.48. The van der Waals surface area contributed by atoms with E-state index in [2.05, 4.69) is 11.8 Å². The van der Waals surface area contributed by atoms with Crippen molar-refractivity contribution in [1.29, 1.82) is 0 Å². The van der Waals surface area contributed by atoms with Gasteiger partial charge in [0.2, 0.25) is 0 Å². The van der Waals surface area contributed by atoms with E-state index in [0.29, 0.717) is 6.04 Å². The fourth-order valence-electron chi connectivity index (χ4n) is 2.08. The van der Waals surface area contributed by atoms with Gasteiger partial charge in [0.05, 0.1) is 13.0 Å². The van der Waals surface area contributed by atoms with Crippen molar-refractivity contribution in [1.82, 2.24) is 4.90 Å². The Bertz CT molecular complexity index is 190. The maximum absolute atomic E-state index is 10.6. The van der Waals surface area contributed by atoms with Gasteiger partial charge < -0.3 is 9.84 Å². The molecule has 1 aliphatic rings. The summed E-state index contributed by atoms with van der Waals surface area (Å²) in [7, 11) is 0. The average Bonchev–Trinajstić information content (AvgIpc) is 2.57. The number of hydrogen-bond donors (Lipinski definition) is 1. The number of carbonyl (C=O) groups is 1. The first-order valence-corrected chi connectivity index (χ1v) is 5.20. The lowest BCUT2D eigenvalue weighted by molar-refractivity contribution is -0.138. The number of carboxylic acid groups (broad SMARTS) is 1. The normalized spacial score (nSPS) is 24.1. The molecule has 2 atom stereocenters. The molecule has 0 radical (unpaired) electrons. The minimum absolute atomic E-state index is 0.101. The maximum Gasteiger partial charge on any atom is 0.304 e. The monoisotopic (exact) mass is 201 g/mol. The first kappa shape index (κ1) is 11.5. The molecule has 2 unspecified atom stereocenters. The summed E-state index contributed by atoms with van der Waals surface area (Å²) in [4.78, 5) is 12.8. The van der Waals surface area contributed by atoms with Crippen molar-refractivity contribution < 1.29 is 14.6 Å². The third-order valence-corrected chi connectivity index (χ3v) is 2.78. The van der Waals surface area contributed by atoms with Gasteiger partial charge in [-0.3, -0.25) is 9.69 Å². The van der Waals surface area contributed by atoms with E-state index >= 15 is 0 Å². The van der Waals surface area contributed by atoms with Gasteiger partial charge in [-0.25, -0.2) is 0 Å². The Balaban J connectivity index is 2.46. The summed E-state index contributed by atoms with van der Waals surface area (Å²) in [6.07, 6.45) is 1.24. The molecule has 0 spiro atoms. The second kappa shape index (κ2) is 5.32. The quantitative estimate of drug-likeness (QED) is 0.719. The van der Waals surface area contributed by atoms with E-state index in [9.17, 15) is 4.79 Å². The van der Waals surface area contributed by atoms with Gasteiger partial charge in [-0.15, -0.1) is 0 Å². The van der Waals surface area contributed by atoms with Gasteiger partial charge in [0, 0.05) is 18.7 Å². The summed E-state index contributed by atoms with van der Waals surface area (Å²) in [5, 5.41) is 8.71. The molecular weight excluding hydrogens is 182 g/mol. The maximum atomic E-state index is 10.6. The first-order chi connectivity index (χ1) is 6.65. The number of ether oxygens (including phenoxy) is 1. The van der Waals surface area contributed by atoms with E-state index in [1.807, 2.05) is 6.92 Å². The Hall–Kier alpha value is -0.610. The number of nitrogens with zero attached hydrogens (tertiary/aromatic N) is 1. The van der Waals surface area contributed by atoms with Crippen LogP contribution in [0.25, 0.3) is 0 Å². The van der Waals surface area contributed by atoms with Crippen LogP contribution in [0.4, 0.5) is 0 Å². The molecule has 1 saturated heterocycles. The molecule has 0 aromatic carbocycles. The van der Waals surface area contributed by atoms with Crippen molar-refractivity contribution >= 4 is 5.97 Å². The highest BCUT2D eigenvalue weighted by molar-refractivity contribution is 5.67. The number of aliphatic carboxylic acids is 1. The predicted octanol–water partition coefficient (Wildman–Crippen LogP) is 0.960. The Morgan fingerprint density at radius 2 is 2.43 bits per heavy atom. The lowest BCUT2D eigenvalue weighted by Gasteiger charge is -2.31. The lowest BCUT2D eigenvalue weighted by Crippen LogP contribution is -2.43. The Morgan fingerprint density at radius 3 is 2.86 bits per heavy atom. The van der Waals surface area contributed by atoms with Crippen molar-refractivity contribution in [2.75, 3.05) is 19.8 Å². The second-order valence-corrected chi connectivity index (χ2v) is 3.79.